The molecule has 0 heterocycles. The summed E-state index contributed by atoms with van der Waals surface area (Å²) in [4.78, 5) is 24.3. The zero-order chi connectivity index (χ0) is 20.7. The highest BCUT2D eigenvalue weighted by Crippen LogP contribution is 2.26. The van der Waals surface area contributed by atoms with Gasteiger partial charge in [-0.05, 0) is 62.5 Å². The lowest BCUT2D eigenvalue weighted by molar-refractivity contribution is 0.0512. The van der Waals surface area contributed by atoms with Crippen molar-refractivity contribution < 1.29 is 19.1 Å². The van der Waals surface area contributed by atoms with Crippen LogP contribution in [0.25, 0.3) is 0 Å². The van der Waals surface area contributed by atoms with Crippen molar-refractivity contribution in [1.29, 1.82) is 0 Å². The molecule has 0 saturated carbocycles. The van der Waals surface area contributed by atoms with Gasteiger partial charge >= 0.3 is 11.9 Å². The minimum absolute atomic E-state index is 0.191. The third kappa shape index (κ3) is 5.92. The molecule has 0 amide bonds. The van der Waals surface area contributed by atoms with E-state index in [0.717, 1.165) is 4.47 Å². The van der Waals surface area contributed by atoms with Gasteiger partial charge in [-0.15, -0.1) is 0 Å². The Labute approximate surface area is 181 Å². The van der Waals surface area contributed by atoms with Crippen molar-refractivity contribution in [1.82, 2.24) is 0 Å². The van der Waals surface area contributed by atoms with Crippen LogP contribution in [0.5, 0.6) is 0 Å². The molecule has 2 aromatic rings. The second kappa shape index (κ2) is 10.4. The van der Waals surface area contributed by atoms with Gasteiger partial charge in [0.1, 0.15) is 0 Å². The van der Waals surface area contributed by atoms with E-state index in [1.54, 1.807) is 26.0 Å². The molecular formula is C19H18BrClN2O4S. The highest BCUT2D eigenvalue weighted by atomic mass is 79.9. The van der Waals surface area contributed by atoms with Crippen molar-refractivity contribution >= 4 is 68.2 Å². The zero-order valence-corrected chi connectivity index (χ0v) is 18.3. The number of ether oxygens (including phenoxy) is 2. The maximum atomic E-state index is 12.2. The molecule has 2 aromatic carbocycles. The Morgan fingerprint density at radius 2 is 1.64 bits per heavy atom. The van der Waals surface area contributed by atoms with Gasteiger partial charge in [0.05, 0.1) is 40.7 Å². The molecule has 0 aliphatic heterocycles. The number of rotatable bonds is 6. The zero-order valence-electron chi connectivity index (χ0n) is 15.2. The summed E-state index contributed by atoms with van der Waals surface area (Å²) in [6.07, 6.45) is 0. The Morgan fingerprint density at radius 1 is 1.00 bits per heavy atom. The number of halogens is 2. The first kappa shape index (κ1) is 22.1. The Bertz CT molecular complexity index is 907. The van der Waals surface area contributed by atoms with Gasteiger partial charge in [0.2, 0.25) is 0 Å². The molecule has 0 aromatic heterocycles. The Balaban J connectivity index is 2.29. The molecule has 0 aliphatic rings. The summed E-state index contributed by atoms with van der Waals surface area (Å²) in [5, 5.41) is 6.53. The number of benzene rings is 2. The van der Waals surface area contributed by atoms with Gasteiger partial charge in [-0.1, -0.05) is 27.5 Å². The van der Waals surface area contributed by atoms with Crippen molar-refractivity contribution in [2.45, 2.75) is 13.8 Å². The molecular weight excluding hydrogens is 468 g/mol. The number of thiocarbonyl (C=S) groups is 1. The van der Waals surface area contributed by atoms with E-state index in [1.807, 2.05) is 6.07 Å². The molecule has 0 fully saturated rings. The monoisotopic (exact) mass is 484 g/mol. The summed E-state index contributed by atoms with van der Waals surface area (Å²) >= 11 is 14.8. The van der Waals surface area contributed by atoms with E-state index in [0.29, 0.717) is 16.4 Å². The lowest BCUT2D eigenvalue weighted by Gasteiger charge is -2.15. The summed E-state index contributed by atoms with van der Waals surface area (Å²) in [5.41, 5.74) is 1.42. The third-order valence-electron chi connectivity index (χ3n) is 3.45. The van der Waals surface area contributed by atoms with Crippen LogP contribution in [0.3, 0.4) is 0 Å². The number of esters is 2. The summed E-state index contributed by atoms with van der Waals surface area (Å²) in [5.74, 6) is -1.04. The molecule has 6 nitrogen and oxygen atoms in total. The normalized spacial score (nSPS) is 10.1. The van der Waals surface area contributed by atoms with Crippen LogP contribution in [0.1, 0.15) is 34.6 Å². The van der Waals surface area contributed by atoms with Crippen LogP contribution >= 0.6 is 39.7 Å². The van der Waals surface area contributed by atoms with Crippen LogP contribution in [-0.4, -0.2) is 30.3 Å². The molecule has 148 valence electrons. The molecule has 0 aliphatic carbocycles. The predicted molar refractivity (Wildman–Crippen MR) is 117 cm³/mol. The molecule has 0 spiro atoms. The van der Waals surface area contributed by atoms with E-state index in [4.69, 9.17) is 33.3 Å². The summed E-state index contributed by atoms with van der Waals surface area (Å²) < 4.78 is 10.9. The summed E-state index contributed by atoms with van der Waals surface area (Å²) in [7, 11) is 0. The molecule has 28 heavy (non-hydrogen) atoms. The van der Waals surface area contributed by atoms with Crippen LogP contribution in [-0.2, 0) is 9.47 Å². The van der Waals surface area contributed by atoms with Crippen molar-refractivity contribution in [3.63, 3.8) is 0 Å². The molecule has 2 N–H and O–H groups in total. The lowest BCUT2D eigenvalue weighted by atomic mass is 10.1. The van der Waals surface area contributed by atoms with Crippen LogP contribution in [0, 0.1) is 0 Å². The number of nitrogens with one attached hydrogen (secondary N) is 2. The molecule has 9 heteroatoms. The van der Waals surface area contributed by atoms with E-state index in [2.05, 4.69) is 26.6 Å². The maximum absolute atomic E-state index is 12.2. The van der Waals surface area contributed by atoms with Crippen LogP contribution in [0.2, 0.25) is 5.02 Å². The van der Waals surface area contributed by atoms with Crippen LogP contribution < -0.4 is 10.6 Å². The standard InChI is InChI=1S/C19H18BrClN2O4S/c1-3-26-17(24)11-5-7-13(18(25)27-4-2)16(9-11)23-19(28)22-15-8-6-12(20)10-14(15)21/h5-10H,3-4H2,1-2H3,(H2,22,23,28). The quantitative estimate of drug-likeness (QED) is 0.426. The average molecular weight is 486 g/mol. The Kier molecular flexibility index (Phi) is 8.22. The van der Waals surface area contributed by atoms with Crippen molar-refractivity contribution in [2.24, 2.45) is 0 Å². The van der Waals surface area contributed by atoms with Gasteiger partial charge in [-0.3, -0.25) is 0 Å². The summed E-state index contributed by atoms with van der Waals surface area (Å²) in [6, 6.07) is 9.75. The summed E-state index contributed by atoms with van der Waals surface area (Å²) in [6.45, 7) is 3.88. The number of anilines is 2. The van der Waals surface area contributed by atoms with E-state index in [9.17, 15) is 9.59 Å². The van der Waals surface area contributed by atoms with E-state index in [1.165, 1.54) is 18.2 Å². The molecule has 0 saturated heterocycles. The smallest absolute Gasteiger partial charge is 0.340 e. The molecule has 0 atom stereocenters. The van der Waals surface area contributed by atoms with Gasteiger partial charge in [-0.25, -0.2) is 9.59 Å². The second-order valence-corrected chi connectivity index (χ2v) is 7.14. The highest BCUT2D eigenvalue weighted by Gasteiger charge is 2.17. The highest BCUT2D eigenvalue weighted by molar-refractivity contribution is 9.10. The average Bonchev–Trinajstić information content (AvgIpc) is 2.64. The fraction of sp³-hybridized carbons (Fsp3) is 0.211. The Morgan fingerprint density at radius 3 is 2.29 bits per heavy atom. The lowest BCUT2D eigenvalue weighted by Crippen LogP contribution is -2.22. The van der Waals surface area contributed by atoms with Crippen molar-refractivity contribution in [2.75, 3.05) is 23.8 Å². The molecule has 2 rings (SSSR count). The van der Waals surface area contributed by atoms with Gasteiger partial charge in [-0.2, -0.15) is 0 Å². The fourth-order valence-corrected chi connectivity index (χ4v) is 3.18. The maximum Gasteiger partial charge on any atom is 0.340 e. The van der Waals surface area contributed by atoms with E-state index in [-0.39, 0.29) is 29.5 Å². The SMILES string of the molecule is CCOC(=O)c1ccc(C(=O)OCC)c(NC(=S)Nc2ccc(Br)cc2Cl)c1. The van der Waals surface area contributed by atoms with E-state index >= 15 is 0 Å². The largest absolute Gasteiger partial charge is 0.462 e. The van der Waals surface area contributed by atoms with E-state index < -0.39 is 11.9 Å². The number of carbonyl (C=O) groups is 2. The van der Waals surface area contributed by atoms with Crippen molar-refractivity contribution in [3.05, 3.63) is 57.0 Å². The third-order valence-corrected chi connectivity index (χ3v) is 4.46. The first-order valence-corrected chi connectivity index (χ1v) is 9.95. The van der Waals surface area contributed by atoms with Gasteiger partial charge in [0.25, 0.3) is 0 Å². The predicted octanol–water partition coefficient (Wildman–Crippen LogP) is 5.26. The molecule has 0 radical (unpaired) electrons. The fourth-order valence-electron chi connectivity index (χ4n) is 2.24. The van der Waals surface area contributed by atoms with Crippen LogP contribution in [0.15, 0.2) is 40.9 Å². The van der Waals surface area contributed by atoms with Gasteiger partial charge in [0.15, 0.2) is 5.11 Å². The number of carbonyl (C=O) groups excluding carboxylic acids is 2. The van der Waals surface area contributed by atoms with Crippen molar-refractivity contribution in [3.8, 4) is 0 Å². The van der Waals surface area contributed by atoms with Gasteiger partial charge in [0, 0.05) is 4.47 Å². The number of hydrogen-bond donors (Lipinski definition) is 2. The molecule has 0 unspecified atom stereocenters. The van der Waals surface area contributed by atoms with Gasteiger partial charge < -0.3 is 20.1 Å². The van der Waals surface area contributed by atoms with Crippen LogP contribution in [0.4, 0.5) is 11.4 Å². The minimum atomic E-state index is -0.537. The molecule has 0 bridgehead atoms. The minimum Gasteiger partial charge on any atom is -0.462 e. The second-order valence-electron chi connectivity index (χ2n) is 5.40. The first-order valence-electron chi connectivity index (χ1n) is 8.37. The Hall–Kier alpha value is -2.16. The first-order chi connectivity index (χ1) is 13.3. The topological polar surface area (TPSA) is 76.7 Å². The number of hydrogen-bond acceptors (Lipinski definition) is 5.